The highest BCUT2D eigenvalue weighted by Crippen LogP contribution is 2.37. The van der Waals surface area contributed by atoms with Gasteiger partial charge in [-0.2, -0.15) is 10.1 Å². The van der Waals surface area contributed by atoms with E-state index >= 15 is 0 Å². The number of halogens is 1. The number of anilines is 4. The molecule has 0 bridgehead atoms. The summed E-state index contributed by atoms with van der Waals surface area (Å²) in [5.41, 5.74) is 0.919. The Balaban J connectivity index is 1.37. The van der Waals surface area contributed by atoms with Crippen LogP contribution in [-0.4, -0.2) is 90.2 Å². The highest BCUT2D eigenvalue weighted by molar-refractivity contribution is 7.90. The van der Waals surface area contributed by atoms with Crippen molar-refractivity contribution in [3.8, 4) is 0 Å². The molecule has 0 aromatic carbocycles. The molecule has 2 saturated heterocycles. The second-order valence-electron chi connectivity index (χ2n) is 10.6. The van der Waals surface area contributed by atoms with E-state index in [2.05, 4.69) is 39.0 Å². The first kappa shape index (κ1) is 26.5. The van der Waals surface area contributed by atoms with E-state index in [0.29, 0.717) is 37.1 Å². The van der Waals surface area contributed by atoms with Crippen molar-refractivity contribution in [1.82, 2.24) is 24.7 Å². The Hall–Kier alpha value is -3.06. The molecule has 0 amide bonds. The summed E-state index contributed by atoms with van der Waals surface area (Å²) in [5.74, 6) is 2.69. The van der Waals surface area contributed by atoms with Crippen molar-refractivity contribution in [2.24, 2.45) is 5.92 Å². The largest absolute Gasteiger partial charge is 0.378 e. The molecule has 0 spiro atoms. The Morgan fingerprint density at radius 2 is 2.03 bits per heavy atom. The molecule has 1 N–H and O–H groups in total. The van der Waals surface area contributed by atoms with E-state index in [9.17, 15) is 12.8 Å². The molecular formula is C25H35FN8O3S. The average molecular weight is 547 g/mol. The van der Waals surface area contributed by atoms with Crippen LogP contribution in [0.3, 0.4) is 0 Å². The minimum absolute atomic E-state index is 0.0681. The fourth-order valence-electron chi connectivity index (χ4n) is 5.27. The molecule has 2 fully saturated rings. The number of rotatable bonds is 8. The molecule has 38 heavy (non-hydrogen) atoms. The maximum absolute atomic E-state index is 14.4. The Labute approximate surface area is 222 Å². The number of nitrogens with zero attached hydrogens (tertiary/aromatic N) is 7. The number of fused-ring (bicyclic) bond motifs is 1. The molecule has 5 rings (SSSR count). The van der Waals surface area contributed by atoms with Crippen molar-refractivity contribution in [2.45, 2.75) is 51.6 Å². The van der Waals surface area contributed by atoms with Crippen molar-refractivity contribution in [1.29, 1.82) is 0 Å². The van der Waals surface area contributed by atoms with E-state index < -0.39 is 22.1 Å². The van der Waals surface area contributed by atoms with Gasteiger partial charge in [0.05, 0.1) is 29.3 Å². The summed E-state index contributed by atoms with van der Waals surface area (Å²) in [6, 6.07) is 3.87. The molecule has 11 nitrogen and oxygen atoms in total. The minimum Gasteiger partial charge on any atom is -0.378 e. The van der Waals surface area contributed by atoms with Crippen LogP contribution >= 0.6 is 0 Å². The van der Waals surface area contributed by atoms with Gasteiger partial charge in [-0.25, -0.2) is 22.8 Å². The first-order valence-corrected chi connectivity index (χ1v) is 14.9. The van der Waals surface area contributed by atoms with Gasteiger partial charge in [-0.15, -0.1) is 0 Å². The lowest BCUT2D eigenvalue weighted by Gasteiger charge is -2.46. The molecule has 0 unspecified atom stereocenters. The molecule has 0 aliphatic carbocycles. The first-order chi connectivity index (χ1) is 18.0. The standard InChI is InChI=1S/C25H35FN8O3S/c1-15(2)34-20-10-23(28-11-18(20)24(31-34)33-12-17(16(33)3)14-38(5,35)36)29-22-6-8-27-25(30-22)32-9-7-21(37-4)19(26)13-32/h6,8,10-11,15-17,19,21H,7,9,12-14H2,1-5H3,(H,27,28,29,30)/t16-,17-,19+,21-/m0/s1. The van der Waals surface area contributed by atoms with Gasteiger partial charge >= 0.3 is 0 Å². The maximum atomic E-state index is 14.4. The van der Waals surface area contributed by atoms with E-state index in [0.717, 1.165) is 16.7 Å². The lowest BCUT2D eigenvalue weighted by Crippen LogP contribution is -2.57. The summed E-state index contributed by atoms with van der Waals surface area (Å²) < 4.78 is 45.1. The number of aromatic nitrogens is 5. The predicted molar refractivity (Wildman–Crippen MR) is 146 cm³/mol. The highest BCUT2D eigenvalue weighted by atomic mass is 32.2. The van der Waals surface area contributed by atoms with Gasteiger partial charge in [-0.05, 0) is 33.3 Å². The number of hydrogen-bond acceptors (Lipinski definition) is 10. The van der Waals surface area contributed by atoms with E-state index in [4.69, 9.17) is 9.84 Å². The molecule has 206 valence electrons. The van der Waals surface area contributed by atoms with Gasteiger partial charge in [-0.1, -0.05) is 0 Å². The summed E-state index contributed by atoms with van der Waals surface area (Å²) >= 11 is 0. The number of piperidine rings is 1. The number of sulfone groups is 1. The summed E-state index contributed by atoms with van der Waals surface area (Å²) in [7, 11) is -1.50. The molecular weight excluding hydrogens is 511 g/mol. The van der Waals surface area contributed by atoms with E-state index in [1.165, 1.54) is 13.4 Å². The first-order valence-electron chi connectivity index (χ1n) is 12.9. The zero-order chi connectivity index (χ0) is 27.2. The summed E-state index contributed by atoms with van der Waals surface area (Å²) in [6.45, 7) is 7.61. The number of alkyl halides is 1. The van der Waals surface area contributed by atoms with Gasteiger partial charge in [0.25, 0.3) is 0 Å². The van der Waals surface area contributed by atoms with Gasteiger partial charge < -0.3 is 19.9 Å². The molecule has 3 aromatic heterocycles. The Morgan fingerprint density at radius 3 is 2.68 bits per heavy atom. The van der Waals surface area contributed by atoms with Gasteiger partial charge in [0, 0.05) is 62.9 Å². The monoisotopic (exact) mass is 546 g/mol. The Morgan fingerprint density at radius 1 is 1.24 bits per heavy atom. The average Bonchev–Trinajstić information content (AvgIpc) is 3.24. The third-order valence-electron chi connectivity index (χ3n) is 7.42. The fourth-order valence-corrected chi connectivity index (χ4v) is 6.43. The van der Waals surface area contributed by atoms with Gasteiger partial charge in [-0.3, -0.25) is 4.68 Å². The van der Waals surface area contributed by atoms with Crippen LogP contribution in [-0.2, 0) is 14.6 Å². The smallest absolute Gasteiger partial charge is 0.227 e. The van der Waals surface area contributed by atoms with E-state index in [1.54, 1.807) is 18.5 Å². The Bertz CT molecular complexity index is 1410. The molecule has 0 saturated carbocycles. The second-order valence-corrected chi connectivity index (χ2v) is 12.8. The predicted octanol–water partition coefficient (Wildman–Crippen LogP) is 2.98. The lowest BCUT2D eigenvalue weighted by atomic mass is 9.91. The molecule has 2 aliphatic heterocycles. The topological polar surface area (TPSA) is 118 Å². The minimum atomic E-state index is -3.04. The van der Waals surface area contributed by atoms with Crippen molar-refractivity contribution in [2.75, 3.05) is 53.9 Å². The zero-order valence-electron chi connectivity index (χ0n) is 22.4. The number of nitrogens with one attached hydrogen (secondary N) is 1. The zero-order valence-corrected chi connectivity index (χ0v) is 23.2. The van der Waals surface area contributed by atoms with Gasteiger partial charge in [0.2, 0.25) is 5.95 Å². The third-order valence-corrected chi connectivity index (χ3v) is 8.46. The van der Waals surface area contributed by atoms with Crippen molar-refractivity contribution in [3.63, 3.8) is 0 Å². The van der Waals surface area contributed by atoms with E-state index in [-0.39, 0.29) is 30.3 Å². The van der Waals surface area contributed by atoms with Crippen LogP contribution in [0.1, 0.15) is 33.2 Å². The second kappa shape index (κ2) is 10.3. The molecule has 3 aromatic rings. The number of pyridine rings is 1. The highest BCUT2D eigenvalue weighted by Gasteiger charge is 2.39. The van der Waals surface area contributed by atoms with Crippen LogP contribution in [0, 0.1) is 5.92 Å². The van der Waals surface area contributed by atoms with Crippen LogP contribution in [0.4, 0.5) is 27.8 Å². The van der Waals surface area contributed by atoms with Gasteiger partial charge in [0.1, 0.15) is 27.6 Å². The van der Waals surface area contributed by atoms with Crippen LogP contribution < -0.4 is 15.1 Å². The molecule has 4 atom stereocenters. The van der Waals surface area contributed by atoms with Crippen LogP contribution in [0.2, 0.25) is 0 Å². The SMILES string of the molecule is CO[C@H]1CCN(c2nccc(Nc3cc4c(cn3)c(N3C[C@@H](CS(C)(=O)=O)[C@@H]3C)nn4C(C)C)n2)C[C@H]1F. The molecule has 13 heteroatoms. The van der Waals surface area contributed by atoms with Crippen LogP contribution in [0.25, 0.3) is 10.9 Å². The maximum Gasteiger partial charge on any atom is 0.227 e. The summed E-state index contributed by atoms with van der Waals surface area (Å²) in [4.78, 5) is 17.5. The van der Waals surface area contributed by atoms with Crippen LogP contribution in [0.15, 0.2) is 24.5 Å². The normalized spacial score (nSPS) is 24.2. The number of ether oxygens (including phenoxy) is 1. The van der Waals surface area contributed by atoms with Crippen molar-refractivity contribution < 1.29 is 17.5 Å². The molecule has 5 heterocycles. The number of hydrogen-bond donors (Lipinski definition) is 1. The fraction of sp³-hybridized carbons (Fsp3) is 0.600. The molecule has 2 aliphatic rings. The lowest BCUT2D eigenvalue weighted by molar-refractivity contribution is 0.0194. The quantitative estimate of drug-likeness (QED) is 0.452. The summed E-state index contributed by atoms with van der Waals surface area (Å²) in [5, 5.41) is 9.04. The van der Waals surface area contributed by atoms with E-state index in [1.807, 2.05) is 22.6 Å². The number of methoxy groups -OCH3 is 1. The van der Waals surface area contributed by atoms with Crippen molar-refractivity contribution >= 4 is 44.1 Å². The van der Waals surface area contributed by atoms with Gasteiger partial charge in [0.15, 0.2) is 5.82 Å². The van der Waals surface area contributed by atoms with Crippen molar-refractivity contribution in [3.05, 3.63) is 24.5 Å². The molecule has 0 radical (unpaired) electrons. The summed E-state index contributed by atoms with van der Waals surface area (Å²) in [6.07, 6.45) is 3.80. The van der Waals surface area contributed by atoms with Crippen LogP contribution in [0.5, 0.6) is 0 Å². The Kier molecular flexibility index (Phi) is 7.16. The third kappa shape index (κ3) is 5.26.